The normalized spacial score (nSPS) is 39.2. The van der Waals surface area contributed by atoms with Gasteiger partial charge in [0.15, 0.2) is 12.1 Å². The summed E-state index contributed by atoms with van der Waals surface area (Å²) in [5.41, 5.74) is -0.577. The van der Waals surface area contributed by atoms with E-state index in [1.807, 2.05) is 85.8 Å². The number of likely N-dealkylation sites (N-methyl/N-ethyl adjacent to an activating group) is 2. The van der Waals surface area contributed by atoms with Crippen molar-refractivity contribution < 1.29 is 43.2 Å². The molecule has 1 N–H and O–H groups in total. The largest absolute Gasteiger partial charge is 0.459 e. The second kappa shape index (κ2) is 17.9. The number of pyridine rings is 1. The molecule has 3 aliphatic rings. The molecule has 0 saturated carbocycles. The van der Waals surface area contributed by atoms with Gasteiger partial charge in [-0.3, -0.25) is 24.3 Å². The minimum atomic E-state index is -1.25. The number of carbonyl (C=O) groups is 3. The monoisotopic (exact) mass is 743 g/mol. The third kappa shape index (κ3) is 9.63. The first-order chi connectivity index (χ1) is 24.8. The van der Waals surface area contributed by atoms with E-state index in [-0.39, 0.29) is 37.6 Å². The van der Waals surface area contributed by atoms with Crippen LogP contribution in [0.1, 0.15) is 80.3 Å². The quantitative estimate of drug-likeness (QED) is 0.206. The molecule has 0 aliphatic carbocycles. The number of cyclic esters (lactones) is 1. The number of Topliss-reactive ketones (excluding diaryl/α,β-unsaturated/α-hetero) is 2. The summed E-state index contributed by atoms with van der Waals surface area (Å²) in [4.78, 5) is 51.3. The van der Waals surface area contributed by atoms with Gasteiger partial charge in [-0.25, -0.2) is 0 Å². The van der Waals surface area contributed by atoms with E-state index in [1.54, 1.807) is 20.0 Å². The van der Waals surface area contributed by atoms with Gasteiger partial charge in [0.05, 0.1) is 36.7 Å². The first-order valence-electron chi connectivity index (χ1n) is 19.3. The average Bonchev–Trinajstić information content (AvgIpc) is 3.42. The third-order valence-electron chi connectivity index (χ3n) is 11.9. The molecule has 1 aromatic heterocycles. The molecule has 12 heteroatoms. The van der Waals surface area contributed by atoms with Crippen LogP contribution in [0.2, 0.25) is 0 Å². The number of aromatic nitrogens is 1. The van der Waals surface area contributed by atoms with Crippen molar-refractivity contribution in [1.82, 2.24) is 14.8 Å². The van der Waals surface area contributed by atoms with Crippen LogP contribution in [0.15, 0.2) is 36.5 Å². The fraction of sp³-hybridized carbons (Fsp3) is 0.756. The number of hydrogen-bond donors (Lipinski definition) is 1. The van der Waals surface area contributed by atoms with Crippen LogP contribution in [0.5, 0.6) is 0 Å². The molecule has 0 amide bonds. The van der Waals surface area contributed by atoms with Gasteiger partial charge in [0.25, 0.3) is 0 Å². The number of hydrogen-bond acceptors (Lipinski definition) is 12. The smallest absolute Gasteiger partial charge is 0.316 e. The number of ketones is 2. The average molecular weight is 744 g/mol. The third-order valence-corrected chi connectivity index (χ3v) is 11.9. The van der Waals surface area contributed by atoms with Crippen molar-refractivity contribution in [2.75, 3.05) is 40.9 Å². The molecule has 13 atom stereocenters. The molecule has 0 aromatic carbocycles. The van der Waals surface area contributed by atoms with Crippen LogP contribution in [-0.4, -0.2) is 126 Å². The minimum absolute atomic E-state index is 0.0189. The van der Waals surface area contributed by atoms with E-state index >= 15 is 0 Å². The standard InChI is InChI=1S/C41H65N3O9/c1-13-32-41(9)33(25(3)23-50-41)27(5)34(45)24(2)21-40(8,49-19-18-44(12)22-30-16-14-15-17-42-30)37(28(6)35(46)29(7)38(48)52-32)53-39-36(47)31(43(10)11)20-26(4)51-39/h14-17,24,26-29,31-33,36-37,39,47H,3,13,18-23H2,1-2,4-12H3/t24?,26-,27?,28+,29?,31+,32-,33+,36-,37-,39+,40-,41-/m1/s1. The molecular formula is C41H65N3O9. The summed E-state index contributed by atoms with van der Waals surface area (Å²) in [6, 6.07) is 5.52. The zero-order valence-corrected chi connectivity index (χ0v) is 33.9. The van der Waals surface area contributed by atoms with E-state index in [2.05, 4.69) is 16.5 Å². The van der Waals surface area contributed by atoms with Gasteiger partial charge in [0, 0.05) is 49.0 Å². The number of ether oxygens (including phenoxy) is 5. The molecule has 0 radical (unpaired) electrons. The predicted octanol–water partition coefficient (Wildman–Crippen LogP) is 4.47. The molecular weight excluding hydrogens is 678 g/mol. The van der Waals surface area contributed by atoms with E-state index in [9.17, 15) is 19.5 Å². The topological polar surface area (TPSA) is 137 Å². The predicted molar refractivity (Wildman–Crippen MR) is 201 cm³/mol. The number of aliphatic hydroxyl groups is 1. The Kier molecular flexibility index (Phi) is 14.6. The Hall–Kier alpha value is -2.58. The van der Waals surface area contributed by atoms with E-state index in [0.717, 1.165) is 11.3 Å². The summed E-state index contributed by atoms with van der Waals surface area (Å²) in [7, 11) is 5.76. The lowest BCUT2D eigenvalue weighted by Crippen LogP contribution is -2.59. The molecule has 3 unspecified atom stereocenters. The zero-order valence-electron chi connectivity index (χ0n) is 33.9. The first-order valence-corrected chi connectivity index (χ1v) is 19.3. The summed E-state index contributed by atoms with van der Waals surface area (Å²) >= 11 is 0. The number of aliphatic hydroxyl groups excluding tert-OH is 1. The van der Waals surface area contributed by atoms with Crippen molar-refractivity contribution in [2.45, 2.75) is 129 Å². The summed E-state index contributed by atoms with van der Waals surface area (Å²) in [5.74, 6) is -4.64. The highest BCUT2D eigenvalue weighted by molar-refractivity contribution is 6.00. The van der Waals surface area contributed by atoms with Gasteiger partial charge in [-0.1, -0.05) is 40.3 Å². The van der Waals surface area contributed by atoms with Crippen molar-refractivity contribution >= 4 is 17.5 Å². The molecule has 0 spiro atoms. The van der Waals surface area contributed by atoms with E-state index in [1.165, 1.54) is 0 Å². The second-order valence-electron chi connectivity index (χ2n) is 16.5. The van der Waals surface area contributed by atoms with Gasteiger partial charge in [-0.15, -0.1) is 0 Å². The summed E-state index contributed by atoms with van der Waals surface area (Å²) in [5, 5.41) is 11.6. The van der Waals surface area contributed by atoms with Crippen molar-refractivity contribution in [2.24, 2.45) is 29.6 Å². The highest BCUT2D eigenvalue weighted by Gasteiger charge is 2.55. The van der Waals surface area contributed by atoms with Crippen LogP contribution in [-0.2, 0) is 44.6 Å². The Balaban J connectivity index is 1.77. The number of carbonyl (C=O) groups excluding carboxylic acids is 3. The summed E-state index contributed by atoms with van der Waals surface area (Å²) in [6.45, 7) is 20.5. The summed E-state index contributed by atoms with van der Waals surface area (Å²) in [6.07, 6.45) is -1.15. The molecule has 3 fully saturated rings. The van der Waals surface area contributed by atoms with E-state index in [4.69, 9.17) is 23.7 Å². The molecule has 0 bridgehead atoms. The lowest BCUT2D eigenvalue weighted by atomic mass is 9.69. The van der Waals surface area contributed by atoms with E-state index in [0.29, 0.717) is 25.9 Å². The highest BCUT2D eigenvalue weighted by Crippen LogP contribution is 2.46. The lowest BCUT2D eigenvalue weighted by Gasteiger charge is -2.47. The Morgan fingerprint density at radius 1 is 1.04 bits per heavy atom. The van der Waals surface area contributed by atoms with Crippen LogP contribution in [0.25, 0.3) is 0 Å². The van der Waals surface area contributed by atoms with Gasteiger partial charge < -0.3 is 33.7 Å². The minimum Gasteiger partial charge on any atom is -0.459 e. The first kappa shape index (κ1) is 43.2. The maximum absolute atomic E-state index is 14.5. The molecule has 4 heterocycles. The SMILES string of the molecule is C=C1CO[C@]2(C)[C@@H](CC)OC(=O)C(C)C(=O)[C@H](C)[C@@H](O[C@@H]3O[C@H](C)C[C@H](N(C)C)[C@H]3O)[C@](C)(OCCN(C)Cc3ccccn3)CC(C)C(=O)C(C)[C@H]12. The van der Waals surface area contributed by atoms with Gasteiger partial charge in [0.2, 0.25) is 0 Å². The second-order valence-corrected chi connectivity index (χ2v) is 16.5. The fourth-order valence-electron chi connectivity index (χ4n) is 8.93. The maximum atomic E-state index is 14.5. The Labute approximate surface area is 316 Å². The van der Waals surface area contributed by atoms with E-state index < -0.39 is 77.1 Å². The van der Waals surface area contributed by atoms with Crippen molar-refractivity contribution in [1.29, 1.82) is 0 Å². The van der Waals surface area contributed by atoms with Crippen LogP contribution < -0.4 is 0 Å². The molecule has 1 aromatic rings. The Morgan fingerprint density at radius 2 is 1.74 bits per heavy atom. The number of esters is 1. The molecule has 53 heavy (non-hydrogen) atoms. The Morgan fingerprint density at radius 3 is 2.36 bits per heavy atom. The molecule has 4 rings (SSSR count). The maximum Gasteiger partial charge on any atom is 0.316 e. The molecule has 298 valence electrons. The van der Waals surface area contributed by atoms with Gasteiger partial charge in [-0.05, 0) is 85.8 Å². The number of fused-ring (bicyclic) bond motifs is 1. The van der Waals surface area contributed by atoms with Crippen molar-refractivity contribution in [3.05, 3.63) is 42.2 Å². The van der Waals surface area contributed by atoms with Crippen LogP contribution in [0.4, 0.5) is 0 Å². The highest BCUT2D eigenvalue weighted by atomic mass is 16.7. The van der Waals surface area contributed by atoms with Crippen molar-refractivity contribution in [3.8, 4) is 0 Å². The van der Waals surface area contributed by atoms with Crippen molar-refractivity contribution in [3.63, 3.8) is 0 Å². The van der Waals surface area contributed by atoms with Crippen LogP contribution >= 0.6 is 0 Å². The van der Waals surface area contributed by atoms with Gasteiger partial charge in [-0.2, -0.15) is 0 Å². The number of nitrogens with zero attached hydrogens (tertiary/aromatic N) is 3. The molecule has 12 nitrogen and oxygen atoms in total. The van der Waals surface area contributed by atoms with Gasteiger partial charge in [0.1, 0.15) is 29.5 Å². The fourth-order valence-corrected chi connectivity index (χ4v) is 8.93. The summed E-state index contributed by atoms with van der Waals surface area (Å²) < 4.78 is 32.2. The number of rotatable bonds is 10. The van der Waals surface area contributed by atoms with Crippen LogP contribution in [0.3, 0.4) is 0 Å². The Bertz CT molecular complexity index is 1430. The molecule has 3 aliphatic heterocycles. The molecule has 3 saturated heterocycles. The van der Waals surface area contributed by atoms with Crippen LogP contribution in [0, 0.1) is 29.6 Å². The zero-order chi connectivity index (χ0) is 39.4. The lowest BCUT2D eigenvalue weighted by molar-refractivity contribution is -0.297. The van der Waals surface area contributed by atoms with Gasteiger partial charge >= 0.3 is 5.97 Å².